The summed E-state index contributed by atoms with van der Waals surface area (Å²) in [4.78, 5) is 0. The van der Waals surface area contributed by atoms with Gasteiger partial charge >= 0.3 is 0 Å². The first-order chi connectivity index (χ1) is 6.54. The van der Waals surface area contributed by atoms with Crippen molar-refractivity contribution < 1.29 is 9.84 Å². The molecule has 1 aromatic carbocycles. The van der Waals surface area contributed by atoms with Crippen LogP contribution in [-0.2, 0) is 0 Å². The molecule has 3 nitrogen and oxygen atoms in total. The van der Waals surface area contributed by atoms with Gasteiger partial charge in [-0.05, 0) is 30.7 Å². The van der Waals surface area contributed by atoms with Crippen LogP contribution in [0.1, 0.15) is 18.5 Å². The van der Waals surface area contributed by atoms with Crippen LogP contribution in [-0.4, -0.2) is 18.3 Å². The van der Waals surface area contributed by atoms with Crippen LogP contribution in [0.5, 0.6) is 5.75 Å². The summed E-state index contributed by atoms with van der Waals surface area (Å²) in [5.74, 6) is 0.642. The average Bonchev–Trinajstić information content (AvgIpc) is 2.15. The smallest absolute Gasteiger partial charge is 0.120 e. The van der Waals surface area contributed by atoms with Crippen molar-refractivity contribution in [3.8, 4) is 5.75 Å². The van der Waals surface area contributed by atoms with E-state index in [0.29, 0.717) is 10.8 Å². The standard InChI is InChI=1S/C10H14ClNO2/c1-6(13)10(12)7-3-8(11)5-9(4-7)14-2/h3-6,10,13H,12H2,1-2H3. The lowest BCUT2D eigenvalue weighted by molar-refractivity contribution is 0.164. The summed E-state index contributed by atoms with van der Waals surface area (Å²) in [5.41, 5.74) is 6.53. The van der Waals surface area contributed by atoms with Gasteiger partial charge in [0.05, 0.1) is 19.3 Å². The molecule has 3 N–H and O–H groups in total. The molecule has 0 heterocycles. The molecule has 78 valence electrons. The second-order valence-corrected chi connectivity index (χ2v) is 3.63. The van der Waals surface area contributed by atoms with Crippen molar-refractivity contribution in [1.29, 1.82) is 0 Å². The number of hydrogen-bond donors (Lipinski definition) is 2. The van der Waals surface area contributed by atoms with Gasteiger partial charge in [0.1, 0.15) is 5.75 Å². The highest BCUT2D eigenvalue weighted by molar-refractivity contribution is 6.30. The molecule has 0 saturated carbocycles. The van der Waals surface area contributed by atoms with Crippen LogP contribution in [0.4, 0.5) is 0 Å². The maximum Gasteiger partial charge on any atom is 0.120 e. The van der Waals surface area contributed by atoms with Crippen LogP contribution >= 0.6 is 11.6 Å². The Bertz CT molecular complexity index is 315. The van der Waals surface area contributed by atoms with E-state index >= 15 is 0 Å². The maximum absolute atomic E-state index is 9.32. The number of halogens is 1. The number of hydrogen-bond acceptors (Lipinski definition) is 3. The highest BCUT2D eigenvalue weighted by Crippen LogP contribution is 2.25. The lowest BCUT2D eigenvalue weighted by atomic mass is 10.0. The summed E-state index contributed by atoms with van der Waals surface area (Å²) in [6, 6.07) is 4.74. The Labute approximate surface area is 88.4 Å². The first-order valence-electron chi connectivity index (χ1n) is 4.32. The Balaban J connectivity index is 3.02. The van der Waals surface area contributed by atoms with E-state index in [1.807, 2.05) is 0 Å². The van der Waals surface area contributed by atoms with Crippen molar-refractivity contribution in [2.75, 3.05) is 7.11 Å². The molecule has 0 fully saturated rings. The van der Waals surface area contributed by atoms with Crippen LogP contribution < -0.4 is 10.5 Å². The van der Waals surface area contributed by atoms with Crippen molar-refractivity contribution >= 4 is 11.6 Å². The highest BCUT2D eigenvalue weighted by Gasteiger charge is 2.13. The normalized spacial score (nSPS) is 14.9. The molecular weight excluding hydrogens is 202 g/mol. The number of methoxy groups -OCH3 is 1. The molecular formula is C10H14ClNO2. The molecule has 2 unspecified atom stereocenters. The Morgan fingerprint density at radius 1 is 1.43 bits per heavy atom. The van der Waals surface area contributed by atoms with Gasteiger partial charge in [-0.1, -0.05) is 11.6 Å². The van der Waals surface area contributed by atoms with Crippen LogP contribution in [0.2, 0.25) is 5.02 Å². The SMILES string of the molecule is COc1cc(Cl)cc(C(N)C(C)O)c1. The Hall–Kier alpha value is -0.770. The fourth-order valence-corrected chi connectivity index (χ4v) is 1.41. The average molecular weight is 216 g/mol. The fraction of sp³-hybridized carbons (Fsp3) is 0.400. The van der Waals surface area contributed by atoms with E-state index in [9.17, 15) is 5.11 Å². The Kier molecular flexibility index (Phi) is 3.75. The van der Waals surface area contributed by atoms with Crippen LogP contribution in [0.3, 0.4) is 0 Å². The zero-order valence-electron chi connectivity index (χ0n) is 8.20. The first kappa shape index (κ1) is 11.3. The molecule has 0 aliphatic heterocycles. The number of nitrogens with two attached hydrogens (primary N) is 1. The third kappa shape index (κ3) is 2.61. The summed E-state index contributed by atoms with van der Waals surface area (Å²) in [7, 11) is 1.56. The van der Waals surface area contributed by atoms with E-state index in [1.54, 1.807) is 32.2 Å². The number of benzene rings is 1. The van der Waals surface area contributed by atoms with Gasteiger partial charge in [0.15, 0.2) is 0 Å². The molecule has 14 heavy (non-hydrogen) atoms. The van der Waals surface area contributed by atoms with Crippen LogP contribution in [0.25, 0.3) is 0 Å². The van der Waals surface area contributed by atoms with Gasteiger partial charge in [-0.3, -0.25) is 0 Å². The molecule has 1 aromatic rings. The lowest BCUT2D eigenvalue weighted by Gasteiger charge is -2.16. The van der Waals surface area contributed by atoms with Crippen LogP contribution in [0.15, 0.2) is 18.2 Å². The van der Waals surface area contributed by atoms with Crippen LogP contribution in [0, 0.1) is 0 Å². The number of aliphatic hydroxyl groups excluding tert-OH is 1. The van der Waals surface area contributed by atoms with Crippen molar-refractivity contribution in [3.05, 3.63) is 28.8 Å². The predicted molar refractivity (Wildman–Crippen MR) is 56.6 cm³/mol. The minimum Gasteiger partial charge on any atom is -0.497 e. The quantitative estimate of drug-likeness (QED) is 0.808. The molecule has 1 rings (SSSR count). The lowest BCUT2D eigenvalue weighted by Crippen LogP contribution is -2.23. The van der Waals surface area contributed by atoms with E-state index in [-0.39, 0.29) is 0 Å². The maximum atomic E-state index is 9.32. The van der Waals surface area contributed by atoms with Crippen molar-refractivity contribution in [3.63, 3.8) is 0 Å². The van der Waals surface area contributed by atoms with Gasteiger partial charge in [-0.2, -0.15) is 0 Å². The first-order valence-corrected chi connectivity index (χ1v) is 4.70. The molecule has 0 aromatic heterocycles. The number of ether oxygens (including phenoxy) is 1. The summed E-state index contributed by atoms with van der Waals surface area (Å²) in [5, 5.41) is 9.87. The van der Waals surface area contributed by atoms with Crippen molar-refractivity contribution in [2.24, 2.45) is 5.73 Å². The molecule has 2 atom stereocenters. The van der Waals surface area contributed by atoms with E-state index in [2.05, 4.69) is 0 Å². The second kappa shape index (κ2) is 4.64. The molecule has 0 saturated heterocycles. The minimum atomic E-state index is -0.613. The van der Waals surface area contributed by atoms with Gasteiger partial charge in [-0.25, -0.2) is 0 Å². The fourth-order valence-electron chi connectivity index (χ4n) is 1.17. The Morgan fingerprint density at radius 2 is 2.07 bits per heavy atom. The predicted octanol–water partition coefficient (Wildman–Crippen LogP) is 1.73. The van der Waals surface area contributed by atoms with Gasteiger partial charge in [-0.15, -0.1) is 0 Å². The molecule has 0 aliphatic carbocycles. The summed E-state index contributed by atoms with van der Waals surface area (Å²) in [6.45, 7) is 1.64. The van der Waals surface area contributed by atoms with Crippen molar-refractivity contribution in [2.45, 2.75) is 19.1 Å². The third-order valence-corrected chi connectivity index (χ3v) is 2.25. The summed E-state index contributed by atoms with van der Waals surface area (Å²) < 4.78 is 5.04. The molecule has 0 radical (unpaired) electrons. The second-order valence-electron chi connectivity index (χ2n) is 3.19. The zero-order valence-corrected chi connectivity index (χ0v) is 8.95. The van der Waals surface area contributed by atoms with Gasteiger partial charge < -0.3 is 15.6 Å². The molecule has 0 spiro atoms. The molecule has 0 bridgehead atoms. The van der Waals surface area contributed by atoms with E-state index < -0.39 is 12.1 Å². The molecule has 4 heteroatoms. The van der Waals surface area contributed by atoms with Crippen molar-refractivity contribution in [1.82, 2.24) is 0 Å². The monoisotopic (exact) mass is 215 g/mol. The summed E-state index contributed by atoms with van der Waals surface area (Å²) in [6.07, 6.45) is -0.613. The number of rotatable bonds is 3. The number of aliphatic hydroxyl groups is 1. The molecule has 0 aliphatic rings. The van der Waals surface area contributed by atoms with Gasteiger partial charge in [0, 0.05) is 5.02 Å². The largest absolute Gasteiger partial charge is 0.497 e. The van der Waals surface area contributed by atoms with Gasteiger partial charge in [0.25, 0.3) is 0 Å². The Morgan fingerprint density at radius 3 is 2.57 bits per heavy atom. The topological polar surface area (TPSA) is 55.5 Å². The van der Waals surface area contributed by atoms with E-state index in [4.69, 9.17) is 22.1 Å². The van der Waals surface area contributed by atoms with Gasteiger partial charge in [0.2, 0.25) is 0 Å². The highest BCUT2D eigenvalue weighted by atomic mass is 35.5. The summed E-state index contributed by atoms with van der Waals surface area (Å²) >= 11 is 5.86. The zero-order chi connectivity index (χ0) is 10.7. The van der Waals surface area contributed by atoms with E-state index in [0.717, 1.165) is 5.56 Å². The minimum absolute atomic E-state index is 0.442. The molecule has 0 amide bonds. The third-order valence-electron chi connectivity index (χ3n) is 2.03. The van der Waals surface area contributed by atoms with E-state index in [1.165, 1.54) is 0 Å².